The Hall–Kier alpha value is -4.04. The van der Waals surface area contributed by atoms with E-state index in [1.54, 1.807) is 12.4 Å². The summed E-state index contributed by atoms with van der Waals surface area (Å²) < 4.78 is 2.16. The molecule has 170 valence electrons. The first-order valence-corrected chi connectivity index (χ1v) is 11.4. The minimum atomic E-state index is -0.252. The molecular formula is C26H24N6OS. The predicted molar refractivity (Wildman–Crippen MR) is 136 cm³/mol. The van der Waals surface area contributed by atoms with Crippen molar-refractivity contribution in [3.63, 3.8) is 0 Å². The number of benzene rings is 1. The molecule has 7 nitrogen and oxygen atoms in total. The lowest BCUT2D eigenvalue weighted by Gasteiger charge is -2.28. The SMILES string of the molecule is Cc1ccc([C@H]2[C@H](c3ccccn3)NC(=S)N2CC(=O)Nc2ccccc2)n1-c1cccnc1. The van der Waals surface area contributed by atoms with E-state index in [9.17, 15) is 4.79 Å². The number of nitrogens with one attached hydrogen (secondary N) is 2. The van der Waals surface area contributed by atoms with E-state index in [0.717, 1.165) is 28.5 Å². The molecule has 34 heavy (non-hydrogen) atoms. The van der Waals surface area contributed by atoms with Crippen LogP contribution in [0.3, 0.4) is 0 Å². The van der Waals surface area contributed by atoms with E-state index in [2.05, 4.69) is 44.2 Å². The highest BCUT2D eigenvalue weighted by atomic mass is 32.1. The number of para-hydroxylation sites is 1. The number of amides is 1. The van der Waals surface area contributed by atoms with Crippen LogP contribution in [-0.2, 0) is 4.79 Å². The Morgan fingerprint density at radius 1 is 1.03 bits per heavy atom. The van der Waals surface area contributed by atoms with Gasteiger partial charge in [0.25, 0.3) is 0 Å². The van der Waals surface area contributed by atoms with Crippen LogP contribution >= 0.6 is 12.2 Å². The summed E-state index contributed by atoms with van der Waals surface area (Å²) in [5.41, 5.74) is 4.62. The van der Waals surface area contributed by atoms with Crippen molar-refractivity contribution in [3.05, 3.63) is 108 Å². The van der Waals surface area contributed by atoms with Gasteiger partial charge in [-0.05, 0) is 67.7 Å². The third-order valence-corrected chi connectivity index (χ3v) is 6.23. The third kappa shape index (κ3) is 4.27. The molecule has 1 fully saturated rings. The van der Waals surface area contributed by atoms with Gasteiger partial charge in [-0.3, -0.25) is 14.8 Å². The number of aryl methyl sites for hydroxylation is 1. The molecule has 1 aromatic carbocycles. The first-order valence-electron chi connectivity index (χ1n) is 11.0. The third-order valence-electron chi connectivity index (χ3n) is 5.88. The first kappa shape index (κ1) is 21.8. The minimum absolute atomic E-state index is 0.103. The number of aromatic nitrogens is 3. The molecule has 2 N–H and O–H groups in total. The molecule has 0 spiro atoms. The van der Waals surface area contributed by atoms with Gasteiger partial charge in [0.05, 0.1) is 29.7 Å². The lowest BCUT2D eigenvalue weighted by atomic mass is 10.0. The lowest BCUT2D eigenvalue weighted by Crippen LogP contribution is -2.37. The van der Waals surface area contributed by atoms with Crippen LogP contribution in [-0.4, -0.2) is 37.0 Å². The standard InChI is InChI=1S/C26H24N6OS/c1-18-12-13-22(32(18)20-10-7-14-27-16-20)25-24(21-11-5-6-15-28-21)30-26(34)31(25)17-23(33)29-19-8-3-2-4-9-19/h2-16,24-25H,17H2,1H3,(H,29,33)(H,30,34)/t24-,25-/m0/s1. The summed E-state index contributed by atoms with van der Waals surface area (Å²) in [7, 11) is 0. The fourth-order valence-electron chi connectivity index (χ4n) is 4.40. The Labute approximate surface area is 203 Å². The van der Waals surface area contributed by atoms with Crippen LogP contribution in [0.1, 0.15) is 29.2 Å². The molecule has 0 saturated carbocycles. The second-order valence-corrected chi connectivity index (χ2v) is 8.50. The molecule has 4 aromatic rings. The van der Waals surface area contributed by atoms with Gasteiger partial charge in [0.2, 0.25) is 5.91 Å². The molecule has 1 amide bonds. The number of hydrogen-bond acceptors (Lipinski definition) is 4. The molecule has 1 aliphatic heterocycles. The molecule has 0 aliphatic carbocycles. The zero-order chi connectivity index (χ0) is 23.5. The number of rotatable bonds is 6. The maximum Gasteiger partial charge on any atom is 0.244 e. The number of anilines is 1. The summed E-state index contributed by atoms with van der Waals surface area (Å²) in [6.07, 6.45) is 5.36. The fraction of sp³-hybridized carbons (Fsp3) is 0.154. The molecule has 0 unspecified atom stereocenters. The lowest BCUT2D eigenvalue weighted by molar-refractivity contribution is -0.116. The van der Waals surface area contributed by atoms with Crippen molar-refractivity contribution < 1.29 is 4.79 Å². The van der Waals surface area contributed by atoms with E-state index in [1.165, 1.54) is 0 Å². The van der Waals surface area contributed by atoms with Crippen molar-refractivity contribution in [2.24, 2.45) is 0 Å². The van der Waals surface area contributed by atoms with Gasteiger partial charge >= 0.3 is 0 Å². The second kappa shape index (κ2) is 9.44. The van der Waals surface area contributed by atoms with E-state index in [4.69, 9.17) is 12.2 Å². The fourth-order valence-corrected chi connectivity index (χ4v) is 4.71. The molecule has 1 aliphatic rings. The quantitative estimate of drug-likeness (QED) is 0.414. The van der Waals surface area contributed by atoms with E-state index in [0.29, 0.717) is 5.11 Å². The van der Waals surface area contributed by atoms with Crippen LogP contribution in [0.25, 0.3) is 5.69 Å². The highest BCUT2D eigenvalue weighted by Gasteiger charge is 2.42. The van der Waals surface area contributed by atoms with Crippen molar-refractivity contribution in [2.75, 3.05) is 11.9 Å². The van der Waals surface area contributed by atoms with E-state index >= 15 is 0 Å². The Morgan fingerprint density at radius 3 is 2.59 bits per heavy atom. The number of hydrogen-bond donors (Lipinski definition) is 2. The topological polar surface area (TPSA) is 75.1 Å². The molecule has 4 heterocycles. The number of thiocarbonyl (C=S) groups is 1. The predicted octanol–water partition coefficient (Wildman–Crippen LogP) is 4.19. The van der Waals surface area contributed by atoms with Gasteiger partial charge in [0.1, 0.15) is 6.54 Å². The zero-order valence-corrected chi connectivity index (χ0v) is 19.4. The van der Waals surface area contributed by atoms with Crippen LogP contribution < -0.4 is 10.6 Å². The maximum absolute atomic E-state index is 13.0. The van der Waals surface area contributed by atoms with E-state index < -0.39 is 0 Å². The van der Waals surface area contributed by atoms with Crippen LogP contribution in [0.4, 0.5) is 5.69 Å². The Balaban J connectivity index is 1.54. The van der Waals surface area contributed by atoms with Crippen molar-refractivity contribution in [1.82, 2.24) is 24.8 Å². The molecule has 2 atom stereocenters. The zero-order valence-electron chi connectivity index (χ0n) is 18.6. The van der Waals surface area contributed by atoms with Gasteiger partial charge < -0.3 is 20.1 Å². The number of pyridine rings is 2. The van der Waals surface area contributed by atoms with Gasteiger partial charge in [-0.1, -0.05) is 24.3 Å². The number of carbonyl (C=O) groups is 1. The molecule has 0 bridgehead atoms. The molecule has 8 heteroatoms. The summed E-state index contributed by atoms with van der Waals surface area (Å²) in [5.74, 6) is -0.141. The summed E-state index contributed by atoms with van der Waals surface area (Å²) in [4.78, 5) is 23.9. The molecule has 0 radical (unpaired) electrons. The molecule has 1 saturated heterocycles. The number of carbonyl (C=O) groups excluding carboxylic acids is 1. The van der Waals surface area contributed by atoms with Crippen LogP contribution in [0.2, 0.25) is 0 Å². The highest BCUT2D eigenvalue weighted by molar-refractivity contribution is 7.80. The summed E-state index contributed by atoms with van der Waals surface area (Å²) in [5, 5.41) is 6.89. The van der Waals surface area contributed by atoms with Crippen molar-refractivity contribution in [3.8, 4) is 5.69 Å². The Bertz CT molecular complexity index is 1290. The van der Waals surface area contributed by atoms with E-state index in [-0.39, 0.29) is 24.5 Å². The van der Waals surface area contributed by atoms with Gasteiger partial charge in [-0.2, -0.15) is 0 Å². The van der Waals surface area contributed by atoms with Gasteiger partial charge in [-0.15, -0.1) is 0 Å². The Kier molecular flexibility index (Phi) is 6.05. The van der Waals surface area contributed by atoms with Crippen molar-refractivity contribution >= 4 is 28.9 Å². The van der Waals surface area contributed by atoms with Crippen molar-refractivity contribution in [1.29, 1.82) is 0 Å². The second-order valence-electron chi connectivity index (χ2n) is 8.11. The van der Waals surface area contributed by atoms with Gasteiger partial charge in [-0.25, -0.2) is 0 Å². The number of nitrogens with zero attached hydrogens (tertiary/aromatic N) is 4. The molecular weight excluding hydrogens is 444 g/mol. The normalized spacial score (nSPS) is 17.4. The molecule has 3 aromatic heterocycles. The maximum atomic E-state index is 13.0. The van der Waals surface area contributed by atoms with Crippen molar-refractivity contribution in [2.45, 2.75) is 19.0 Å². The molecule has 5 rings (SSSR count). The average molecular weight is 469 g/mol. The van der Waals surface area contributed by atoms with Crippen LogP contribution in [0, 0.1) is 6.92 Å². The van der Waals surface area contributed by atoms with Crippen LogP contribution in [0.15, 0.2) is 91.4 Å². The minimum Gasteiger partial charge on any atom is -0.352 e. The van der Waals surface area contributed by atoms with E-state index in [1.807, 2.05) is 71.8 Å². The first-order chi connectivity index (χ1) is 16.6. The average Bonchev–Trinajstić information content (AvgIpc) is 3.40. The largest absolute Gasteiger partial charge is 0.352 e. The van der Waals surface area contributed by atoms with Gasteiger partial charge in [0, 0.05) is 29.5 Å². The summed E-state index contributed by atoms with van der Waals surface area (Å²) in [6, 6.07) is 22.9. The van der Waals surface area contributed by atoms with Gasteiger partial charge in [0.15, 0.2) is 5.11 Å². The Morgan fingerprint density at radius 2 is 1.85 bits per heavy atom. The summed E-state index contributed by atoms with van der Waals surface area (Å²) >= 11 is 5.73. The van der Waals surface area contributed by atoms with Crippen LogP contribution in [0.5, 0.6) is 0 Å². The highest BCUT2D eigenvalue weighted by Crippen LogP contribution is 2.40. The smallest absolute Gasteiger partial charge is 0.244 e. The summed E-state index contributed by atoms with van der Waals surface area (Å²) in [6.45, 7) is 2.16. The monoisotopic (exact) mass is 468 g/mol.